The molecule has 0 bridgehead atoms. The first-order valence-corrected chi connectivity index (χ1v) is 10.9. The molecule has 4 rings (SSSR count). The molecule has 1 aliphatic rings. The third-order valence-electron chi connectivity index (χ3n) is 4.67. The van der Waals surface area contributed by atoms with Crippen molar-refractivity contribution in [3.05, 3.63) is 58.4 Å². The van der Waals surface area contributed by atoms with E-state index in [1.54, 1.807) is 29.7 Å². The normalized spacial score (nSPS) is 15.4. The lowest BCUT2D eigenvalue weighted by atomic mass is 10.2. The number of piperazine rings is 1. The van der Waals surface area contributed by atoms with Crippen LogP contribution in [0.25, 0.3) is 9.88 Å². The number of nitrogens with zero attached hydrogens (tertiary/aromatic N) is 3. The second-order valence-electron chi connectivity index (χ2n) is 6.77. The van der Waals surface area contributed by atoms with Crippen molar-refractivity contribution >= 4 is 28.6 Å². The fourth-order valence-corrected chi connectivity index (χ4v) is 4.89. The Morgan fingerprint density at radius 1 is 1.10 bits per heavy atom. The van der Waals surface area contributed by atoms with Gasteiger partial charge in [0, 0.05) is 32.7 Å². The Morgan fingerprint density at radius 2 is 1.83 bits per heavy atom. The summed E-state index contributed by atoms with van der Waals surface area (Å²) < 4.78 is 40.6. The number of thiazole rings is 1. The number of aromatic nitrogens is 1. The highest BCUT2D eigenvalue weighted by atomic mass is 32.1. The van der Waals surface area contributed by atoms with Crippen LogP contribution in [0.5, 0.6) is 5.75 Å². The van der Waals surface area contributed by atoms with Gasteiger partial charge in [-0.25, -0.2) is 4.98 Å². The SMILES string of the molecule is O=C(c1cnc(-c2cccs2)s1)N1CCN(Cc2ccc(OC(F)(F)F)cc2)CC1. The Labute approximate surface area is 179 Å². The van der Waals surface area contributed by atoms with Gasteiger partial charge >= 0.3 is 6.36 Å². The smallest absolute Gasteiger partial charge is 0.406 e. The number of hydrogen-bond donors (Lipinski definition) is 0. The molecule has 3 aromatic rings. The van der Waals surface area contributed by atoms with Crippen LogP contribution in [-0.2, 0) is 6.54 Å². The molecular formula is C20H18F3N3O2S2. The van der Waals surface area contributed by atoms with Gasteiger partial charge in [-0.3, -0.25) is 9.69 Å². The largest absolute Gasteiger partial charge is 0.573 e. The number of halogens is 3. The van der Waals surface area contributed by atoms with Gasteiger partial charge in [-0.15, -0.1) is 35.8 Å². The predicted molar refractivity (Wildman–Crippen MR) is 110 cm³/mol. The van der Waals surface area contributed by atoms with Crippen molar-refractivity contribution in [2.75, 3.05) is 26.2 Å². The molecule has 1 aromatic carbocycles. The third-order valence-corrected chi connectivity index (χ3v) is 6.70. The van der Waals surface area contributed by atoms with Crippen molar-refractivity contribution in [3.63, 3.8) is 0 Å². The number of rotatable bonds is 5. The quantitative estimate of drug-likeness (QED) is 0.561. The number of amides is 1. The molecule has 0 saturated carbocycles. The number of thiophene rings is 1. The average molecular weight is 454 g/mol. The van der Waals surface area contributed by atoms with Gasteiger partial charge in [0.05, 0.1) is 11.1 Å². The Kier molecular flexibility index (Phi) is 6.07. The average Bonchev–Trinajstić information content (AvgIpc) is 3.40. The number of carbonyl (C=O) groups excluding carboxylic acids is 1. The molecule has 30 heavy (non-hydrogen) atoms. The van der Waals surface area contributed by atoms with Crippen LogP contribution in [0, 0.1) is 0 Å². The van der Waals surface area contributed by atoms with Crippen LogP contribution >= 0.6 is 22.7 Å². The summed E-state index contributed by atoms with van der Waals surface area (Å²) in [5.74, 6) is -0.239. The van der Waals surface area contributed by atoms with E-state index in [-0.39, 0.29) is 11.7 Å². The highest BCUT2D eigenvalue weighted by Gasteiger charge is 2.31. The van der Waals surface area contributed by atoms with Gasteiger partial charge in [0.25, 0.3) is 5.91 Å². The van der Waals surface area contributed by atoms with E-state index in [2.05, 4.69) is 14.6 Å². The molecule has 1 fully saturated rings. The summed E-state index contributed by atoms with van der Waals surface area (Å²) in [5, 5.41) is 2.83. The molecule has 0 aliphatic carbocycles. The maximum absolute atomic E-state index is 12.8. The van der Waals surface area contributed by atoms with Gasteiger partial charge in [0.2, 0.25) is 0 Å². The van der Waals surface area contributed by atoms with E-state index in [0.29, 0.717) is 37.6 Å². The summed E-state index contributed by atoms with van der Waals surface area (Å²) in [4.78, 5) is 22.8. The molecule has 0 atom stereocenters. The van der Waals surface area contributed by atoms with E-state index in [1.807, 2.05) is 22.4 Å². The lowest BCUT2D eigenvalue weighted by Crippen LogP contribution is -2.48. The summed E-state index contributed by atoms with van der Waals surface area (Å²) in [7, 11) is 0. The Hall–Kier alpha value is -2.43. The number of benzene rings is 1. The zero-order valence-corrected chi connectivity index (χ0v) is 17.4. The maximum Gasteiger partial charge on any atom is 0.573 e. The van der Waals surface area contributed by atoms with Gasteiger partial charge in [0.1, 0.15) is 15.6 Å². The van der Waals surface area contributed by atoms with Crippen LogP contribution in [0.2, 0.25) is 0 Å². The van der Waals surface area contributed by atoms with E-state index >= 15 is 0 Å². The van der Waals surface area contributed by atoms with E-state index in [9.17, 15) is 18.0 Å². The van der Waals surface area contributed by atoms with Crippen molar-refractivity contribution in [2.24, 2.45) is 0 Å². The lowest BCUT2D eigenvalue weighted by Gasteiger charge is -2.34. The minimum absolute atomic E-state index is 0.0105. The minimum Gasteiger partial charge on any atom is -0.406 e. The molecule has 0 radical (unpaired) electrons. The number of ether oxygens (including phenoxy) is 1. The standard InChI is InChI=1S/C20H18F3N3O2S2/c21-20(22,23)28-15-5-3-14(4-6-15)13-25-7-9-26(10-8-25)19(27)17-12-24-18(30-17)16-2-1-11-29-16/h1-6,11-12H,7-10,13H2. The van der Waals surface area contributed by atoms with E-state index in [4.69, 9.17) is 0 Å². The first-order chi connectivity index (χ1) is 14.4. The first-order valence-electron chi connectivity index (χ1n) is 9.23. The van der Waals surface area contributed by atoms with Crippen molar-refractivity contribution in [1.29, 1.82) is 0 Å². The Bertz CT molecular complexity index is 980. The molecule has 0 spiro atoms. The molecule has 2 aromatic heterocycles. The summed E-state index contributed by atoms with van der Waals surface area (Å²) in [6, 6.07) is 9.83. The van der Waals surface area contributed by atoms with Gasteiger partial charge in [-0.2, -0.15) is 0 Å². The lowest BCUT2D eigenvalue weighted by molar-refractivity contribution is -0.274. The molecule has 1 aliphatic heterocycles. The summed E-state index contributed by atoms with van der Waals surface area (Å²) in [6.07, 6.45) is -3.05. The maximum atomic E-state index is 12.8. The molecule has 5 nitrogen and oxygen atoms in total. The van der Waals surface area contributed by atoms with Crippen LogP contribution in [0.3, 0.4) is 0 Å². The van der Waals surface area contributed by atoms with Gasteiger partial charge in [-0.05, 0) is 29.1 Å². The molecule has 158 valence electrons. The fraction of sp³-hybridized carbons (Fsp3) is 0.300. The second-order valence-corrected chi connectivity index (χ2v) is 8.75. The molecular weight excluding hydrogens is 435 g/mol. The zero-order valence-electron chi connectivity index (χ0n) is 15.8. The van der Waals surface area contributed by atoms with Crippen LogP contribution in [0.1, 0.15) is 15.2 Å². The van der Waals surface area contributed by atoms with Crippen molar-refractivity contribution < 1.29 is 22.7 Å². The van der Waals surface area contributed by atoms with E-state index < -0.39 is 6.36 Å². The minimum atomic E-state index is -4.69. The molecule has 0 unspecified atom stereocenters. The zero-order chi connectivity index (χ0) is 21.1. The summed E-state index contributed by atoms with van der Waals surface area (Å²) in [6.45, 7) is 3.20. The summed E-state index contributed by atoms with van der Waals surface area (Å²) >= 11 is 3.00. The monoisotopic (exact) mass is 453 g/mol. The van der Waals surface area contributed by atoms with Crippen molar-refractivity contribution in [2.45, 2.75) is 12.9 Å². The van der Waals surface area contributed by atoms with Crippen molar-refractivity contribution in [1.82, 2.24) is 14.8 Å². The van der Waals surface area contributed by atoms with E-state index in [0.717, 1.165) is 15.4 Å². The Morgan fingerprint density at radius 3 is 2.47 bits per heavy atom. The van der Waals surface area contributed by atoms with Gasteiger partial charge in [-0.1, -0.05) is 18.2 Å². The summed E-state index contributed by atoms with van der Waals surface area (Å²) in [5.41, 5.74) is 0.896. The predicted octanol–water partition coefficient (Wildman–Crippen LogP) is 4.73. The molecule has 3 heterocycles. The van der Waals surface area contributed by atoms with Crippen LogP contribution in [0.15, 0.2) is 48.0 Å². The molecule has 1 saturated heterocycles. The number of carbonyl (C=O) groups is 1. The number of alkyl halides is 3. The molecule has 0 N–H and O–H groups in total. The van der Waals surface area contributed by atoms with Crippen LogP contribution in [-0.4, -0.2) is 53.2 Å². The third kappa shape index (κ3) is 5.18. The molecule has 1 amide bonds. The van der Waals surface area contributed by atoms with Gasteiger partial charge in [0.15, 0.2) is 0 Å². The van der Waals surface area contributed by atoms with E-state index in [1.165, 1.54) is 23.5 Å². The number of hydrogen-bond acceptors (Lipinski definition) is 6. The van der Waals surface area contributed by atoms with Crippen LogP contribution < -0.4 is 4.74 Å². The van der Waals surface area contributed by atoms with Crippen molar-refractivity contribution in [3.8, 4) is 15.6 Å². The van der Waals surface area contributed by atoms with Crippen LogP contribution in [0.4, 0.5) is 13.2 Å². The topological polar surface area (TPSA) is 45.7 Å². The Balaban J connectivity index is 1.29. The highest BCUT2D eigenvalue weighted by Crippen LogP contribution is 2.29. The highest BCUT2D eigenvalue weighted by molar-refractivity contribution is 7.21. The fourth-order valence-electron chi connectivity index (χ4n) is 3.21. The second kappa shape index (κ2) is 8.75. The first kappa shape index (κ1) is 20.8. The van der Waals surface area contributed by atoms with Gasteiger partial charge < -0.3 is 9.64 Å². The molecule has 10 heteroatoms.